The van der Waals surface area contributed by atoms with Gasteiger partial charge in [0.15, 0.2) is 0 Å². The first kappa shape index (κ1) is 13.7. The maximum Gasteiger partial charge on any atom is 0.0166 e. The van der Waals surface area contributed by atoms with Crippen molar-refractivity contribution in [2.75, 3.05) is 6.54 Å². The van der Waals surface area contributed by atoms with Gasteiger partial charge in [0.05, 0.1) is 0 Å². The van der Waals surface area contributed by atoms with Crippen LogP contribution in [0.25, 0.3) is 0 Å². The lowest BCUT2D eigenvalue weighted by molar-refractivity contribution is 0.231. The van der Waals surface area contributed by atoms with Crippen LogP contribution in [0.15, 0.2) is 17.5 Å². The molecule has 0 fully saturated rings. The third-order valence-electron chi connectivity index (χ3n) is 3.48. The number of rotatable bonds is 7. The highest BCUT2D eigenvalue weighted by atomic mass is 32.1. The maximum atomic E-state index is 3.71. The zero-order valence-corrected chi connectivity index (χ0v) is 11.9. The van der Waals surface area contributed by atoms with Crippen LogP contribution in [0.2, 0.25) is 0 Å². The molecule has 1 aromatic rings. The van der Waals surface area contributed by atoms with Gasteiger partial charge in [-0.25, -0.2) is 0 Å². The van der Waals surface area contributed by atoms with Crippen LogP contribution in [0, 0.1) is 5.41 Å². The Morgan fingerprint density at radius 2 is 2.12 bits per heavy atom. The molecule has 1 N–H and O–H groups in total. The number of thiophene rings is 1. The number of hydrogen-bond donors (Lipinski definition) is 1. The number of nitrogens with one attached hydrogen (secondary N) is 1. The SMILES string of the molecule is CCCNC(Cc1cccs1)C(C)(C)CC. The van der Waals surface area contributed by atoms with Crippen LogP contribution >= 0.6 is 11.3 Å². The van der Waals surface area contributed by atoms with E-state index in [4.69, 9.17) is 0 Å². The van der Waals surface area contributed by atoms with Gasteiger partial charge >= 0.3 is 0 Å². The van der Waals surface area contributed by atoms with Crippen LogP contribution in [0.4, 0.5) is 0 Å². The van der Waals surface area contributed by atoms with Crippen molar-refractivity contribution in [1.29, 1.82) is 0 Å². The molecule has 0 saturated carbocycles. The van der Waals surface area contributed by atoms with E-state index >= 15 is 0 Å². The van der Waals surface area contributed by atoms with E-state index < -0.39 is 0 Å². The van der Waals surface area contributed by atoms with E-state index in [1.54, 1.807) is 0 Å². The Balaban J connectivity index is 2.63. The summed E-state index contributed by atoms with van der Waals surface area (Å²) in [4.78, 5) is 1.50. The largest absolute Gasteiger partial charge is 0.313 e. The van der Waals surface area contributed by atoms with E-state index in [1.165, 1.54) is 24.1 Å². The molecule has 0 aromatic carbocycles. The van der Waals surface area contributed by atoms with Gasteiger partial charge in [0.25, 0.3) is 0 Å². The van der Waals surface area contributed by atoms with E-state index in [1.807, 2.05) is 11.3 Å². The minimum absolute atomic E-state index is 0.374. The number of hydrogen-bond acceptors (Lipinski definition) is 2. The Bertz CT molecular complexity index is 277. The highest BCUT2D eigenvalue weighted by Gasteiger charge is 2.27. The zero-order valence-electron chi connectivity index (χ0n) is 11.0. The molecule has 1 atom stereocenters. The molecule has 0 saturated heterocycles. The lowest BCUT2D eigenvalue weighted by Crippen LogP contribution is -2.43. The molecule has 0 amide bonds. The predicted octanol–water partition coefficient (Wildman–Crippen LogP) is 4.10. The molecule has 0 radical (unpaired) electrons. The van der Waals surface area contributed by atoms with Gasteiger partial charge in [0.2, 0.25) is 0 Å². The van der Waals surface area contributed by atoms with Gasteiger partial charge in [0, 0.05) is 10.9 Å². The van der Waals surface area contributed by atoms with Crippen molar-refractivity contribution in [2.24, 2.45) is 5.41 Å². The summed E-state index contributed by atoms with van der Waals surface area (Å²) < 4.78 is 0. The summed E-state index contributed by atoms with van der Waals surface area (Å²) in [7, 11) is 0. The predicted molar refractivity (Wildman–Crippen MR) is 74.2 cm³/mol. The Kier molecular flexibility index (Phi) is 5.50. The van der Waals surface area contributed by atoms with Gasteiger partial charge in [0.1, 0.15) is 0 Å². The van der Waals surface area contributed by atoms with Crippen LogP contribution < -0.4 is 5.32 Å². The van der Waals surface area contributed by atoms with Crippen molar-refractivity contribution in [1.82, 2.24) is 5.32 Å². The van der Waals surface area contributed by atoms with Crippen LogP contribution in [0.5, 0.6) is 0 Å². The highest BCUT2D eigenvalue weighted by Crippen LogP contribution is 2.28. The first-order valence-electron chi connectivity index (χ1n) is 6.36. The summed E-state index contributed by atoms with van der Waals surface area (Å²) in [5.74, 6) is 0. The monoisotopic (exact) mass is 239 g/mol. The van der Waals surface area contributed by atoms with Crippen molar-refractivity contribution in [3.8, 4) is 0 Å². The normalized spacial score (nSPS) is 14.0. The third kappa shape index (κ3) is 3.91. The highest BCUT2D eigenvalue weighted by molar-refractivity contribution is 7.09. The van der Waals surface area contributed by atoms with E-state index in [2.05, 4.69) is 50.5 Å². The van der Waals surface area contributed by atoms with Gasteiger partial charge in [-0.05, 0) is 42.7 Å². The molecule has 2 heteroatoms. The molecule has 1 unspecified atom stereocenters. The maximum absolute atomic E-state index is 3.71. The first-order chi connectivity index (χ1) is 7.60. The molecule has 1 nitrogen and oxygen atoms in total. The third-order valence-corrected chi connectivity index (χ3v) is 4.38. The molecular weight excluding hydrogens is 214 g/mol. The van der Waals surface area contributed by atoms with Gasteiger partial charge in [-0.2, -0.15) is 0 Å². The first-order valence-corrected chi connectivity index (χ1v) is 7.24. The molecular formula is C14H25NS. The second-order valence-corrected chi connectivity index (χ2v) is 6.16. The molecule has 92 valence electrons. The van der Waals surface area contributed by atoms with Crippen molar-refractivity contribution in [3.63, 3.8) is 0 Å². The Hall–Kier alpha value is -0.340. The minimum atomic E-state index is 0.374. The van der Waals surface area contributed by atoms with E-state index in [-0.39, 0.29) is 0 Å². The van der Waals surface area contributed by atoms with Crippen molar-refractivity contribution in [2.45, 2.75) is 53.0 Å². The summed E-state index contributed by atoms with van der Waals surface area (Å²) in [5.41, 5.74) is 0.374. The van der Waals surface area contributed by atoms with Gasteiger partial charge in [-0.1, -0.05) is 33.8 Å². The van der Waals surface area contributed by atoms with Gasteiger partial charge < -0.3 is 5.32 Å². The Morgan fingerprint density at radius 3 is 2.62 bits per heavy atom. The average Bonchev–Trinajstić information content (AvgIpc) is 2.76. The second kappa shape index (κ2) is 6.41. The summed E-state index contributed by atoms with van der Waals surface area (Å²) in [5, 5.41) is 5.88. The Labute approximate surface area is 104 Å². The van der Waals surface area contributed by atoms with E-state index in [0.717, 1.165) is 6.54 Å². The molecule has 16 heavy (non-hydrogen) atoms. The fraction of sp³-hybridized carbons (Fsp3) is 0.714. The van der Waals surface area contributed by atoms with E-state index in [0.29, 0.717) is 11.5 Å². The molecule has 1 heterocycles. The fourth-order valence-corrected chi connectivity index (χ4v) is 2.57. The van der Waals surface area contributed by atoms with Crippen LogP contribution in [-0.4, -0.2) is 12.6 Å². The molecule has 1 aromatic heterocycles. The molecule has 0 spiro atoms. The van der Waals surface area contributed by atoms with Crippen molar-refractivity contribution >= 4 is 11.3 Å². The molecule has 0 bridgehead atoms. The summed E-state index contributed by atoms with van der Waals surface area (Å²) in [6, 6.07) is 4.99. The zero-order chi connectivity index (χ0) is 12.0. The molecule has 0 aliphatic carbocycles. The topological polar surface area (TPSA) is 12.0 Å². The average molecular weight is 239 g/mol. The van der Waals surface area contributed by atoms with Crippen LogP contribution in [0.1, 0.15) is 45.4 Å². The lowest BCUT2D eigenvalue weighted by Gasteiger charge is -2.34. The smallest absolute Gasteiger partial charge is 0.0166 e. The van der Waals surface area contributed by atoms with Crippen molar-refractivity contribution in [3.05, 3.63) is 22.4 Å². The second-order valence-electron chi connectivity index (χ2n) is 5.13. The molecule has 0 aliphatic heterocycles. The van der Waals surface area contributed by atoms with Gasteiger partial charge in [-0.3, -0.25) is 0 Å². The van der Waals surface area contributed by atoms with Gasteiger partial charge in [-0.15, -0.1) is 11.3 Å². The summed E-state index contributed by atoms with van der Waals surface area (Å²) >= 11 is 1.87. The standard InChI is InChI=1S/C14H25NS/c1-5-9-15-13(14(3,4)6-2)11-12-8-7-10-16-12/h7-8,10,13,15H,5-6,9,11H2,1-4H3. The van der Waals surface area contributed by atoms with Crippen LogP contribution in [0.3, 0.4) is 0 Å². The molecule has 0 aliphatic rings. The van der Waals surface area contributed by atoms with Crippen LogP contribution in [-0.2, 0) is 6.42 Å². The Morgan fingerprint density at radius 1 is 1.38 bits per heavy atom. The fourth-order valence-electron chi connectivity index (χ4n) is 1.82. The minimum Gasteiger partial charge on any atom is -0.313 e. The summed E-state index contributed by atoms with van der Waals surface area (Å²) in [6.45, 7) is 10.4. The summed E-state index contributed by atoms with van der Waals surface area (Å²) in [6.07, 6.45) is 3.60. The quantitative estimate of drug-likeness (QED) is 0.755. The molecule has 1 rings (SSSR count). The van der Waals surface area contributed by atoms with Crippen molar-refractivity contribution < 1.29 is 0 Å². The van der Waals surface area contributed by atoms with E-state index in [9.17, 15) is 0 Å². The lowest BCUT2D eigenvalue weighted by atomic mass is 9.80.